The third-order valence-corrected chi connectivity index (χ3v) is 8.75. The zero-order valence-corrected chi connectivity index (χ0v) is 22.9. The highest BCUT2D eigenvalue weighted by Gasteiger charge is 2.34. The lowest BCUT2D eigenvalue weighted by Gasteiger charge is -2.14. The first-order valence-corrected chi connectivity index (χ1v) is 14.0. The summed E-state index contributed by atoms with van der Waals surface area (Å²) in [5, 5.41) is 6.32. The largest absolute Gasteiger partial charge is 0.497 e. The van der Waals surface area contributed by atoms with Gasteiger partial charge in [0.25, 0.3) is 11.8 Å². The number of thiocarbonyl (C=S) groups is 1. The topological polar surface area (TPSA) is 101 Å². The number of methoxy groups -OCH3 is 1. The monoisotopic (exact) mass is 564 g/mol. The van der Waals surface area contributed by atoms with E-state index >= 15 is 0 Å². The molecule has 1 aliphatic heterocycles. The molecule has 3 aromatic rings. The summed E-state index contributed by atoms with van der Waals surface area (Å²) in [6.45, 7) is 0.103. The number of nitrogens with one attached hydrogen (secondary N) is 2. The van der Waals surface area contributed by atoms with Gasteiger partial charge >= 0.3 is 0 Å². The van der Waals surface area contributed by atoms with Gasteiger partial charge in [-0.3, -0.25) is 24.3 Å². The Morgan fingerprint density at radius 2 is 2.03 bits per heavy atom. The second kappa shape index (κ2) is 11.5. The smallest absolute Gasteiger partial charge is 0.266 e. The van der Waals surface area contributed by atoms with Gasteiger partial charge in [-0.2, -0.15) is 0 Å². The molecule has 38 heavy (non-hydrogen) atoms. The second-order valence-corrected chi connectivity index (χ2v) is 11.5. The van der Waals surface area contributed by atoms with E-state index in [1.54, 1.807) is 25.6 Å². The third kappa shape index (κ3) is 5.64. The Balaban J connectivity index is 1.27. The minimum atomic E-state index is -0.409. The van der Waals surface area contributed by atoms with Gasteiger partial charge in [0.15, 0.2) is 0 Å². The maximum absolute atomic E-state index is 13.2. The van der Waals surface area contributed by atoms with Gasteiger partial charge < -0.3 is 15.4 Å². The van der Waals surface area contributed by atoms with Crippen molar-refractivity contribution in [2.45, 2.75) is 25.8 Å². The van der Waals surface area contributed by atoms with Gasteiger partial charge in [0.05, 0.1) is 17.6 Å². The number of nitrogens with zero attached hydrogens (tertiary/aromatic N) is 2. The summed E-state index contributed by atoms with van der Waals surface area (Å²) < 4.78 is 5.48. The molecular weight excluding hydrogens is 541 g/mol. The molecule has 11 heteroatoms. The van der Waals surface area contributed by atoms with Crippen molar-refractivity contribution in [1.82, 2.24) is 15.2 Å². The molecule has 3 amide bonds. The standard InChI is InChI=1S/C27H24N4O4S3/c1-35-18-9-7-16(8-10-18)12-21-26(34)31(27(36)38-21)15-22(32)30-25-23(19-5-2-6-20(19)37-25)24(33)29-14-17-4-3-11-28-13-17/h3-4,7-13H,2,5-6,14-15H2,1H3,(H,29,33)(H,30,32)/b21-12-. The van der Waals surface area contributed by atoms with Crippen molar-refractivity contribution in [3.63, 3.8) is 0 Å². The molecule has 194 valence electrons. The Morgan fingerprint density at radius 3 is 2.76 bits per heavy atom. The Labute approximate surface area is 233 Å². The zero-order valence-electron chi connectivity index (χ0n) is 20.5. The molecule has 0 unspecified atom stereocenters. The lowest BCUT2D eigenvalue weighted by Crippen LogP contribution is -2.36. The summed E-state index contributed by atoms with van der Waals surface area (Å²) in [6, 6.07) is 11.0. The van der Waals surface area contributed by atoms with Crippen LogP contribution in [0.2, 0.25) is 0 Å². The molecule has 2 aliphatic rings. The normalized spacial score (nSPS) is 15.6. The first-order valence-electron chi connectivity index (χ1n) is 11.9. The van der Waals surface area contributed by atoms with E-state index in [0.717, 1.165) is 58.3 Å². The molecule has 0 bridgehead atoms. The van der Waals surface area contributed by atoms with Crippen LogP contribution in [0, 0.1) is 0 Å². The number of anilines is 1. The lowest BCUT2D eigenvalue weighted by molar-refractivity contribution is -0.126. The summed E-state index contributed by atoms with van der Waals surface area (Å²) in [6.07, 6.45) is 7.77. The number of carbonyl (C=O) groups excluding carboxylic acids is 3. The van der Waals surface area contributed by atoms with Gasteiger partial charge in [-0.1, -0.05) is 42.2 Å². The van der Waals surface area contributed by atoms with Gasteiger partial charge in [0.1, 0.15) is 21.6 Å². The molecule has 0 atom stereocenters. The Morgan fingerprint density at radius 1 is 1.21 bits per heavy atom. The van der Waals surface area contributed by atoms with Gasteiger partial charge in [-0.25, -0.2) is 0 Å². The van der Waals surface area contributed by atoms with Crippen molar-refractivity contribution < 1.29 is 19.1 Å². The van der Waals surface area contributed by atoms with E-state index in [2.05, 4.69) is 15.6 Å². The van der Waals surface area contributed by atoms with Crippen LogP contribution in [0.25, 0.3) is 6.08 Å². The van der Waals surface area contributed by atoms with Crippen molar-refractivity contribution in [2.75, 3.05) is 19.0 Å². The highest BCUT2D eigenvalue weighted by atomic mass is 32.2. The molecule has 5 rings (SSSR count). The molecule has 2 aromatic heterocycles. The summed E-state index contributed by atoms with van der Waals surface area (Å²) in [5.74, 6) is -0.255. The van der Waals surface area contributed by atoms with Crippen molar-refractivity contribution in [2.24, 2.45) is 0 Å². The van der Waals surface area contributed by atoms with Gasteiger partial charge in [-0.15, -0.1) is 11.3 Å². The second-order valence-electron chi connectivity index (χ2n) is 8.69. The van der Waals surface area contributed by atoms with E-state index < -0.39 is 5.91 Å². The number of fused-ring (bicyclic) bond motifs is 1. The number of benzene rings is 1. The number of thiophene rings is 1. The Kier molecular flexibility index (Phi) is 7.87. The third-order valence-electron chi connectivity index (χ3n) is 6.17. The van der Waals surface area contributed by atoms with Gasteiger partial charge in [0.2, 0.25) is 5.91 Å². The highest BCUT2D eigenvalue weighted by molar-refractivity contribution is 8.26. The number of pyridine rings is 1. The summed E-state index contributed by atoms with van der Waals surface area (Å²) >= 11 is 7.98. The van der Waals surface area contributed by atoms with E-state index in [9.17, 15) is 14.4 Å². The average Bonchev–Trinajstić information content (AvgIpc) is 3.58. The number of thioether (sulfide) groups is 1. The fourth-order valence-electron chi connectivity index (χ4n) is 4.30. The fraction of sp³-hybridized carbons (Fsp3) is 0.222. The predicted molar refractivity (Wildman–Crippen MR) is 153 cm³/mol. The first kappa shape index (κ1) is 26.1. The summed E-state index contributed by atoms with van der Waals surface area (Å²) in [5.41, 5.74) is 3.20. The molecule has 1 saturated heterocycles. The van der Waals surface area contributed by atoms with Crippen LogP contribution in [0.1, 0.15) is 38.3 Å². The van der Waals surface area contributed by atoms with E-state index in [4.69, 9.17) is 17.0 Å². The number of aromatic nitrogens is 1. The Hall–Kier alpha value is -3.54. The highest BCUT2D eigenvalue weighted by Crippen LogP contribution is 2.39. The first-order chi connectivity index (χ1) is 18.4. The fourth-order valence-corrected chi connectivity index (χ4v) is 6.86. The van der Waals surface area contributed by atoms with E-state index in [1.165, 1.54) is 16.2 Å². The maximum Gasteiger partial charge on any atom is 0.266 e. The predicted octanol–water partition coefficient (Wildman–Crippen LogP) is 4.41. The van der Waals surface area contributed by atoms with Gasteiger partial charge in [0, 0.05) is 23.8 Å². The van der Waals surface area contributed by atoms with Crippen LogP contribution in [0.5, 0.6) is 5.75 Å². The molecule has 3 heterocycles. The lowest BCUT2D eigenvalue weighted by atomic mass is 10.1. The van der Waals surface area contributed by atoms with Crippen LogP contribution in [0.3, 0.4) is 0 Å². The average molecular weight is 565 g/mol. The molecule has 1 fully saturated rings. The summed E-state index contributed by atoms with van der Waals surface area (Å²) in [7, 11) is 1.59. The molecule has 0 radical (unpaired) electrons. The van der Waals surface area contributed by atoms with Crippen LogP contribution in [0.15, 0.2) is 53.7 Å². The molecule has 8 nitrogen and oxygen atoms in total. The van der Waals surface area contributed by atoms with Crippen LogP contribution >= 0.6 is 35.3 Å². The number of hydrogen-bond acceptors (Lipinski definition) is 8. The molecule has 0 spiro atoms. The molecule has 0 saturated carbocycles. The number of amides is 3. The van der Waals surface area contributed by atoms with Crippen molar-refractivity contribution in [1.29, 1.82) is 0 Å². The van der Waals surface area contributed by atoms with E-state index in [1.807, 2.05) is 36.4 Å². The SMILES string of the molecule is COc1ccc(/C=C2\SC(=S)N(CC(=O)Nc3sc4c(c3C(=O)NCc3cccnc3)CCC4)C2=O)cc1. The van der Waals surface area contributed by atoms with Gasteiger partial charge in [-0.05, 0) is 60.2 Å². The number of aryl methyl sites for hydroxylation is 1. The number of rotatable bonds is 8. The quantitative estimate of drug-likeness (QED) is 0.309. The maximum atomic E-state index is 13.2. The minimum absolute atomic E-state index is 0.232. The molecule has 1 aliphatic carbocycles. The van der Waals surface area contributed by atoms with Crippen molar-refractivity contribution in [3.05, 3.63) is 80.8 Å². The van der Waals surface area contributed by atoms with E-state index in [-0.39, 0.29) is 18.4 Å². The van der Waals surface area contributed by atoms with Crippen molar-refractivity contribution >= 4 is 68.4 Å². The van der Waals surface area contributed by atoms with Crippen LogP contribution < -0.4 is 15.4 Å². The minimum Gasteiger partial charge on any atom is -0.497 e. The molecule has 2 N–H and O–H groups in total. The molecule has 1 aromatic carbocycles. The van der Waals surface area contributed by atoms with Crippen molar-refractivity contribution in [3.8, 4) is 5.75 Å². The van der Waals surface area contributed by atoms with Crippen LogP contribution in [-0.4, -0.2) is 45.6 Å². The van der Waals surface area contributed by atoms with Crippen LogP contribution in [-0.2, 0) is 29.0 Å². The molecular formula is C27H24N4O4S3. The summed E-state index contributed by atoms with van der Waals surface area (Å²) in [4.78, 5) is 46.1. The Bertz CT molecular complexity index is 1430. The zero-order chi connectivity index (χ0) is 26.6. The van der Waals surface area contributed by atoms with E-state index in [0.29, 0.717) is 26.3 Å². The van der Waals surface area contributed by atoms with Crippen LogP contribution in [0.4, 0.5) is 5.00 Å². The number of hydrogen-bond donors (Lipinski definition) is 2. The number of carbonyl (C=O) groups is 3. The number of ether oxygens (including phenoxy) is 1.